The number of carbonyl (C=O) groups is 2. The number of rotatable bonds is 4. The number of nitrogens with zero attached hydrogens (tertiary/aromatic N) is 2. The standard InChI is InChI=1S/C35H35N3O3/c1-21-10-15-28-30(22(21)2)37-31(36-28)25-8-6-7-9-26(25)32(39)38-19-17-29-34(3,4)27(16-18-35(29,5)20-38)23-11-13-24(14-12-23)33(40)41/h6-17H,18-20H2,1-5H3,(H,36,37)(H,40,41)/t35-/m1/s1. The smallest absolute Gasteiger partial charge is 0.335 e. The van der Waals surface area contributed by atoms with Crippen LogP contribution in [0.4, 0.5) is 0 Å². The summed E-state index contributed by atoms with van der Waals surface area (Å²) in [6, 6.07) is 19.0. The summed E-state index contributed by atoms with van der Waals surface area (Å²) in [4.78, 5) is 35.7. The molecule has 6 heteroatoms. The van der Waals surface area contributed by atoms with Crippen molar-refractivity contribution in [3.8, 4) is 11.4 Å². The van der Waals surface area contributed by atoms with Crippen LogP contribution in [0.1, 0.15) is 64.6 Å². The van der Waals surface area contributed by atoms with Gasteiger partial charge in [0.1, 0.15) is 5.82 Å². The average molecular weight is 546 g/mol. The monoisotopic (exact) mass is 545 g/mol. The summed E-state index contributed by atoms with van der Waals surface area (Å²) in [5.74, 6) is -0.215. The van der Waals surface area contributed by atoms with E-state index in [0.29, 0.717) is 24.5 Å². The minimum Gasteiger partial charge on any atom is -0.478 e. The zero-order valence-electron chi connectivity index (χ0n) is 24.2. The maximum atomic E-state index is 14.1. The first-order chi connectivity index (χ1) is 19.5. The number of hydrogen-bond donors (Lipinski definition) is 2. The van der Waals surface area contributed by atoms with E-state index in [1.54, 1.807) is 12.1 Å². The van der Waals surface area contributed by atoms with Gasteiger partial charge in [-0.05, 0) is 66.8 Å². The van der Waals surface area contributed by atoms with E-state index >= 15 is 0 Å². The van der Waals surface area contributed by atoms with Crippen molar-refractivity contribution in [2.24, 2.45) is 10.8 Å². The molecule has 0 radical (unpaired) electrons. The summed E-state index contributed by atoms with van der Waals surface area (Å²) in [7, 11) is 0. The van der Waals surface area contributed by atoms with Crippen LogP contribution in [0.15, 0.2) is 78.4 Å². The van der Waals surface area contributed by atoms with Crippen LogP contribution in [-0.4, -0.2) is 44.9 Å². The molecule has 4 aromatic rings. The second-order valence-electron chi connectivity index (χ2n) is 12.2. The number of amides is 1. The van der Waals surface area contributed by atoms with Gasteiger partial charge >= 0.3 is 5.97 Å². The number of carbonyl (C=O) groups excluding carboxylic acids is 1. The van der Waals surface area contributed by atoms with Crippen molar-refractivity contribution in [2.75, 3.05) is 13.1 Å². The van der Waals surface area contributed by atoms with E-state index in [2.05, 4.69) is 57.8 Å². The van der Waals surface area contributed by atoms with Crippen molar-refractivity contribution < 1.29 is 14.7 Å². The molecule has 208 valence electrons. The molecule has 0 bridgehead atoms. The molecule has 0 fully saturated rings. The third kappa shape index (κ3) is 4.38. The number of aromatic amines is 1. The number of allylic oxidation sites excluding steroid dienone is 2. The van der Waals surface area contributed by atoms with E-state index in [9.17, 15) is 14.7 Å². The van der Waals surface area contributed by atoms with Gasteiger partial charge in [0.25, 0.3) is 5.91 Å². The second-order valence-corrected chi connectivity index (χ2v) is 12.2. The fraction of sp³-hybridized carbons (Fsp3) is 0.286. The van der Waals surface area contributed by atoms with E-state index in [4.69, 9.17) is 4.98 Å². The number of fused-ring (bicyclic) bond motifs is 2. The number of benzene rings is 3. The topological polar surface area (TPSA) is 86.3 Å². The Bertz CT molecular complexity index is 1770. The van der Waals surface area contributed by atoms with Gasteiger partial charge in [0, 0.05) is 29.5 Å². The largest absolute Gasteiger partial charge is 0.478 e. The van der Waals surface area contributed by atoms with Crippen molar-refractivity contribution in [1.82, 2.24) is 14.9 Å². The molecule has 1 aliphatic carbocycles. The van der Waals surface area contributed by atoms with E-state index < -0.39 is 5.97 Å². The molecule has 1 aliphatic heterocycles. The van der Waals surface area contributed by atoms with Crippen LogP contribution in [0.2, 0.25) is 0 Å². The maximum Gasteiger partial charge on any atom is 0.335 e. The Morgan fingerprint density at radius 2 is 1.68 bits per heavy atom. The fourth-order valence-corrected chi connectivity index (χ4v) is 6.84. The number of hydrogen-bond acceptors (Lipinski definition) is 3. The Balaban J connectivity index is 1.30. The highest BCUT2D eigenvalue weighted by Crippen LogP contribution is 2.55. The van der Waals surface area contributed by atoms with Gasteiger partial charge in [-0.2, -0.15) is 0 Å². The van der Waals surface area contributed by atoms with Gasteiger partial charge in [-0.1, -0.05) is 74.9 Å². The highest BCUT2D eigenvalue weighted by molar-refractivity contribution is 6.01. The predicted molar refractivity (Wildman–Crippen MR) is 163 cm³/mol. The maximum absolute atomic E-state index is 14.1. The highest BCUT2D eigenvalue weighted by atomic mass is 16.4. The molecule has 0 saturated heterocycles. The summed E-state index contributed by atoms with van der Waals surface area (Å²) in [6.07, 6.45) is 5.30. The molecular weight excluding hydrogens is 510 g/mol. The molecule has 2 aliphatic rings. The van der Waals surface area contributed by atoms with Crippen molar-refractivity contribution in [2.45, 2.75) is 41.0 Å². The van der Waals surface area contributed by atoms with Crippen molar-refractivity contribution in [3.63, 3.8) is 0 Å². The quantitative estimate of drug-likeness (QED) is 0.261. The number of H-pyrrole nitrogens is 1. The van der Waals surface area contributed by atoms with Crippen LogP contribution in [0, 0.1) is 24.7 Å². The lowest BCUT2D eigenvalue weighted by Crippen LogP contribution is -2.48. The van der Waals surface area contributed by atoms with Gasteiger partial charge in [-0.25, -0.2) is 9.78 Å². The summed E-state index contributed by atoms with van der Waals surface area (Å²) in [5, 5.41) is 9.30. The molecule has 6 rings (SSSR count). The third-order valence-electron chi connectivity index (χ3n) is 9.13. The summed E-state index contributed by atoms with van der Waals surface area (Å²) in [5.41, 5.74) is 9.06. The first-order valence-electron chi connectivity index (χ1n) is 14.1. The first-order valence-corrected chi connectivity index (χ1v) is 14.1. The van der Waals surface area contributed by atoms with Gasteiger partial charge in [0.15, 0.2) is 0 Å². The Kier molecular flexibility index (Phi) is 6.25. The normalized spacial score (nSPS) is 19.9. The Labute approximate surface area is 240 Å². The number of carboxylic acids is 1. The average Bonchev–Trinajstić information content (AvgIpc) is 3.39. The van der Waals surface area contributed by atoms with E-state index in [-0.39, 0.29) is 22.3 Å². The molecule has 2 heterocycles. The fourth-order valence-electron chi connectivity index (χ4n) is 6.84. The number of aromatic nitrogens is 2. The van der Waals surface area contributed by atoms with Gasteiger partial charge in [-0.15, -0.1) is 0 Å². The molecule has 1 aromatic heterocycles. The van der Waals surface area contributed by atoms with E-state index in [1.807, 2.05) is 47.4 Å². The molecule has 3 aromatic carbocycles. The zero-order chi connectivity index (χ0) is 29.1. The van der Waals surface area contributed by atoms with Crippen molar-refractivity contribution >= 4 is 28.5 Å². The Morgan fingerprint density at radius 3 is 2.41 bits per heavy atom. The Hall–Kier alpha value is -4.45. The Morgan fingerprint density at radius 1 is 0.951 bits per heavy atom. The molecule has 0 unspecified atom stereocenters. The third-order valence-corrected chi connectivity index (χ3v) is 9.13. The van der Waals surface area contributed by atoms with E-state index in [1.165, 1.54) is 16.7 Å². The lowest BCUT2D eigenvalue weighted by molar-refractivity contribution is 0.0679. The highest BCUT2D eigenvalue weighted by Gasteiger charge is 2.46. The minimum absolute atomic E-state index is 0.00215. The van der Waals surface area contributed by atoms with Crippen LogP contribution in [0.5, 0.6) is 0 Å². The zero-order valence-corrected chi connectivity index (χ0v) is 24.2. The lowest BCUT2D eigenvalue weighted by atomic mass is 9.58. The van der Waals surface area contributed by atoms with Gasteiger partial charge in [0.05, 0.1) is 22.2 Å². The molecular formula is C35H35N3O3. The van der Waals surface area contributed by atoms with Crippen LogP contribution in [0.25, 0.3) is 28.0 Å². The molecule has 1 amide bonds. The predicted octanol–water partition coefficient (Wildman–Crippen LogP) is 7.45. The summed E-state index contributed by atoms with van der Waals surface area (Å²) < 4.78 is 0. The van der Waals surface area contributed by atoms with Crippen molar-refractivity contribution in [3.05, 3.63) is 106 Å². The van der Waals surface area contributed by atoms with Crippen molar-refractivity contribution in [1.29, 1.82) is 0 Å². The van der Waals surface area contributed by atoms with Gasteiger partial charge in [0.2, 0.25) is 0 Å². The molecule has 1 atom stereocenters. The van der Waals surface area contributed by atoms with E-state index in [0.717, 1.165) is 34.1 Å². The SMILES string of the molecule is Cc1ccc2[nH]c(-c3ccccc3C(=O)N3CC=C4C(C)(C)C(c5ccc(C(=O)O)cc5)=CC[C@]4(C)C3)nc2c1C. The minimum atomic E-state index is -0.923. The number of nitrogens with one attached hydrogen (secondary N) is 1. The van der Waals surface area contributed by atoms with Crippen LogP contribution < -0.4 is 0 Å². The van der Waals surface area contributed by atoms with Crippen LogP contribution >= 0.6 is 0 Å². The summed E-state index contributed by atoms with van der Waals surface area (Å²) >= 11 is 0. The molecule has 0 saturated carbocycles. The molecule has 41 heavy (non-hydrogen) atoms. The summed E-state index contributed by atoms with van der Waals surface area (Å²) in [6.45, 7) is 12.0. The number of carboxylic acid groups (broad SMARTS) is 1. The number of aromatic carboxylic acids is 1. The lowest BCUT2D eigenvalue weighted by Gasteiger charge is -2.50. The molecule has 6 nitrogen and oxygen atoms in total. The number of aryl methyl sites for hydroxylation is 2. The molecule has 2 N–H and O–H groups in total. The number of imidazole rings is 1. The van der Waals surface area contributed by atoms with Crippen LogP contribution in [-0.2, 0) is 0 Å². The van der Waals surface area contributed by atoms with Crippen LogP contribution in [0.3, 0.4) is 0 Å². The van der Waals surface area contributed by atoms with Gasteiger partial charge < -0.3 is 15.0 Å². The second kappa shape index (κ2) is 9.58. The first kappa shape index (κ1) is 26.8. The molecule has 0 spiro atoms. The van der Waals surface area contributed by atoms with Gasteiger partial charge in [-0.3, -0.25) is 4.79 Å².